The van der Waals surface area contributed by atoms with E-state index in [1.54, 1.807) is 18.2 Å². The first-order valence-corrected chi connectivity index (χ1v) is 8.97. The van der Waals surface area contributed by atoms with E-state index >= 15 is 0 Å². The maximum Gasteiger partial charge on any atom is 0.270 e. The van der Waals surface area contributed by atoms with Crippen molar-refractivity contribution in [2.24, 2.45) is 5.16 Å². The molecule has 0 bridgehead atoms. The molecule has 2 aromatic rings. The molecule has 28 heavy (non-hydrogen) atoms. The Bertz CT molecular complexity index is 868. The van der Waals surface area contributed by atoms with E-state index < -0.39 is 5.91 Å². The SMILES string of the molecule is COc1ccc(Cl)cc1NC(=O)/C=N\OCC(=O)Nc1ccccc1C(C)C. The van der Waals surface area contributed by atoms with E-state index in [-0.39, 0.29) is 18.4 Å². The fourth-order valence-corrected chi connectivity index (χ4v) is 2.60. The van der Waals surface area contributed by atoms with E-state index in [9.17, 15) is 9.59 Å². The number of ether oxygens (including phenoxy) is 1. The summed E-state index contributed by atoms with van der Waals surface area (Å²) < 4.78 is 5.14. The van der Waals surface area contributed by atoms with Gasteiger partial charge in [-0.15, -0.1) is 0 Å². The lowest BCUT2D eigenvalue weighted by molar-refractivity contribution is -0.120. The van der Waals surface area contributed by atoms with Crippen molar-refractivity contribution in [3.63, 3.8) is 0 Å². The standard InChI is InChI=1S/C20H22ClN3O4/c1-13(2)15-6-4-5-7-16(15)23-20(26)12-28-22-11-19(25)24-17-10-14(21)8-9-18(17)27-3/h4-11,13H,12H2,1-3H3,(H,23,26)(H,24,25)/b22-11-. The number of methoxy groups -OCH3 is 1. The van der Waals surface area contributed by atoms with Gasteiger partial charge in [0.15, 0.2) is 6.61 Å². The van der Waals surface area contributed by atoms with Crippen molar-refractivity contribution in [3.05, 3.63) is 53.1 Å². The first-order valence-electron chi connectivity index (χ1n) is 8.59. The molecule has 7 nitrogen and oxygen atoms in total. The van der Waals surface area contributed by atoms with Crippen molar-refractivity contribution in [1.82, 2.24) is 0 Å². The minimum Gasteiger partial charge on any atom is -0.495 e. The Hall–Kier alpha value is -3.06. The fraction of sp³-hybridized carbons (Fsp3) is 0.250. The molecule has 0 spiro atoms. The number of amides is 2. The zero-order valence-corrected chi connectivity index (χ0v) is 16.6. The lowest BCUT2D eigenvalue weighted by Crippen LogP contribution is -2.19. The van der Waals surface area contributed by atoms with E-state index in [0.717, 1.165) is 17.5 Å². The van der Waals surface area contributed by atoms with Gasteiger partial charge < -0.3 is 20.2 Å². The zero-order chi connectivity index (χ0) is 20.5. The second-order valence-corrected chi connectivity index (χ2v) is 6.57. The molecule has 2 rings (SSSR count). The quantitative estimate of drug-likeness (QED) is 0.514. The first-order chi connectivity index (χ1) is 13.4. The molecule has 0 aromatic heterocycles. The minimum absolute atomic E-state index is 0.266. The molecule has 0 radical (unpaired) electrons. The summed E-state index contributed by atoms with van der Waals surface area (Å²) in [5.74, 6) is -0.203. The van der Waals surface area contributed by atoms with Gasteiger partial charge >= 0.3 is 0 Å². The monoisotopic (exact) mass is 403 g/mol. The lowest BCUT2D eigenvalue weighted by Gasteiger charge is -2.13. The molecular formula is C20H22ClN3O4. The Labute approximate surface area is 168 Å². The van der Waals surface area contributed by atoms with Gasteiger partial charge in [0.05, 0.1) is 12.8 Å². The second kappa shape index (κ2) is 10.3. The van der Waals surface area contributed by atoms with Gasteiger partial charge in [0.25, 0.3) is 11.8 Å². The van der Waals surface area contributed by atoms with Crippen molar-refractivity contribution >= 4 is 41.0 Å². The normalized spacial score (nSPS) is 10.8. The maximum absolute atomic E-state index is 12.0. The highest BCUT2D eigenvalue weighted by atomic mass is 35.5. The van der Waals surface area contributed by atoms with E-state index in [1.807, 2.05) is 38.1 Å². The maximum atomic E-state index is 12.0. The molecule has 0 aliphatic rings. The van der Waals surface area contributed by atoms with Crippen LogP contribution in [0, 0.1) is 0 Å². The number of oxime groups is 1. The minimum atomic E-state index is -0.550. The van der Waals surface area contributed by atoms with Crippen LogP contribution in [-0.2, 0) is 14.4 Å². The molecule has 2 amide bonds. The van der Waals surface area contributed by atoms with Gasteiger partial charge in [-0.2, -0.15) is 0 Å². The summed E-state index contributed by atoms with van der Waals surface area (Å²) in [4.78, 5) is 28.8. The number of rotatable bonds is 8. The van der Waals surface area contributed by atoms with Crippen LogP contribution < -0.4 is 15.4 Å². The molecule has 0 unspecified atom stereocenters. The number of anilines is 2. The van der Waals surface area contributed by atoms with Gasteiger partial charge in [-0.1, -0.05) is 48.8 Å². The number of halogens is 1. The van der Waals surface area contributed by atoms with Crippen LogP contribution in [0.25, 0.3) is 0 Å². The van der Waals surface area contributed by atoms with Gasteiger partial charge in [-0.3, -0.25) is 9.59 Å². The average molecular weight is 404 g/mol. The van der Waals surface area contributed by atoms with Crippen LogP contribution in [0.3, 0.4) is 0 Å². The van der Waals surface area contributed by atoms with Crippen LogP contribution in [0.15, 0.2) is 47.6 Å². The molecule has 0 fully saturated rings. The Kier molecular flexibility index (Phi) is 7.83. The average Bonchev–Trinajstić information content (AvgIpc) is 2.65. The lowest BCUT2D eigenvalue weighted by atomic mass is 10.0. The van der Waals surface area contributed by atoms with Crippen molar-refractivity contribution in [3.8, 4) is 5.75 Å². The summed E-state index contributed by atoms with van der Waals surface area (Å²) in [5, 5.41) is 9.30. The predicted octanol–water partition coefficient (Wildman–Crippen LogP) is 4.05. The number of para-hydroxylation sites is 1. The van der Waals surface area contributed by atoms with Crippen LogP contribution in [-0.4, -0.2) is 31.7 Å². The van der Waals surface area contributed by atoms with Gasteiger partial charge in [0, 0.05) is 10.7 Å². The predicted molar refractivity (Wildman–Crippen MR) is 110 cm³/mol. The summed E-state index contributed by atoms with van der Waals surface area (Å²) in [6, 6.07) is 12.4. The van der Waals surface area contributed by atoms with Gasteiger partial charge in [-0.05, 0) is 35.7 Å². The molecule has 148 valence electrons. The molecule has 0 atom stereocenters. The zero-order valence-electron chi connectivity index (χ0n) is 15.9. The van der Waals surface area contributed by atoms with Crippen LogP contribution in [0.1, 0.15) is 25.3 Å². The van der Waals surface area contributed by atoms with E-state index in [4.69, 9.17) is 21.2 Å². The summed E-state index contributed by atoms with van der Waals surface area (Å²) in [6.07, 6.45) is 0.926. The number of hydrogen-bond acceptors (Lipinski definition) is 5. The second-order valence-electron chi connectivity index (χ2n) is 6.13. The third kappa shape index (κ3) is 6.28. The van der Waals surface area contributed by atoms with Crippen molar-refractivity contribution < 1.29 is 19.2 Å². The largest absolute Gasteiger partial charge is 0.495 e. The number of hydrogen-bond donors (Lipinski definition) is 2. The van der Waals surface area contributed by atoms with Gasteiger partial charge in [0.2, 0.25) is 0 Å². The third-order valence-corrected chi connectivity index (χ3v) is 3.95. The summed E-state index contributed by atoms with van der Waals surface area (Å²) in [6.45, 7) is 3.76. The Morgan fingerprint density at radius 1 is 1.14 bits per heavy atom. The van der Waals surface area contributed by atoms with Crippen LogP contribution >= 0.6 is 11.6 Å². The Morgan fingerprint density at radius 2 is 1.89 bits per heavy atom. The molecule has 0 aliphatic heterocycles. The Balaban J connectivity index is 1.84. The van der Waals surface area contributed by atoms with E-state index in [2.05, 4.69) is 15.8 Å². The number of nitrogens with one attached hydrogen (secondary N) is 2. The highest BCUT2D eigenvalue weighted by molar-refractivity contribution is 6.33. The van der Waals surface area contributed by atoms with Crippen LogP contribution in [0.2, 0.25) is 5.02 Å². The topological polar surface area (TPSA) is 89.0 Å². The smallest absolute Gasteiger partial charge is 0.270 e. The summed E-state index contributed by atoms with van der Waals surface area (Å²) in [5.41, 5.74) is 2.14. The summed E-state index contributed by atoms with van der Waals surface area (Å²) >= 11 is 5.91. The molecule has 2 N–H and O–H groups in total. The molecule has 2 aromatic carbocycles. The fourth-order valence-electron chi connectivity index (χ4n) is 2.42. The van der Waals surface area contributed by atoms with Crippen LogP contribution in [0.5, 0.6) is 5.75 Å². The number of carbonyl (C=O) groups excluding carboxylic acids is 2. The highest BCUT2D eigenvalue weighted by Crippen LogP contribution is 2.27. The molecule has 0 saturated heterocycles. The third-order valence-electron chi connectivity index (χ3n) is 3.72. The van der Waals surface area contributed by atoms with Gasteiger partial charge in [0.1, 0.15) is 12.0 Å². The Morgan fingerprint density at radius 3 is 2.61 bits per heavy atom. The van der Waals surface area contributed by atoms with Crippen LogP contribution in [0.4, 0.5) is 11.4 Å². The number of carbonyl (C=O) groups is 2. The summed E-state index contributed by atoms with van der Waals surface area (Å²) in [7, 11) is 1.48. The van der Waals surface area contributed by atoms with Crippen molar-refractivity contribution in [2.75, 3.05) is 24.4 Å². The first kappa shape index (κ1) is 21.2. The van der Waals surface area contributed by atoms with Gasteiger partial charge in [-0.25, -0.2) is 0 Å². The molecule has 0 aliphatic carbocycles. The molecule has 8 heteroatoms. The van der Waals surface area contributed by atoms with Crippen molar-refractivity contribution in [2.45, 2.75) is 19.8 Å². The van der Waals surface area contributed by atoms with E-state index in [0.29, 0.717) is 16.5 Å². The van der Waals surface area contributed by atoms with Crippen molar-refractivity contribution in [1.29, 1.82) is 0 Å². The van der Waals surface area contributed by atoms with E-state index in [1.165, 1.54) is 7.11 Å². The molecule has 0 saturated carbocycles. The molecule has 0 heterocycles. The molecular weight excluding hydrogens is 382 g/mol. The number of benzene rings is 2. The number of nitrogens with zero attached hydrogens (tertiary/aromatic N) is 1. The highest BCUT2D eigenvalue weighted by Gasteiger charge is 2.10.